The van der Waals surface area contributed by atoms with E-state index in [0.29, 0.717) is 16.5 Å². The van der Waals surface area contributed by atoms with Crippen LogP contribution < -0.4 is 10.5 Å². The molecule has 0 amide bonds. The normalized spacial score (nSPS) is 12.3. The summed E-state index contributed by atoms with van der Waals surface area (Å²) in [7, 11) is 1.34. The van der Waals surface area contributed by atoms with Gasteiger partial charge in [0.05, 0.1) is 22.9 Å². The number of hydrogen-bond acceptors (Lipinski definition) is 5. The SMILES string of the molecule is COc1ccc2[nH]cc(C[C@H](N)C(=O)O)c2c1[N+](=O)[O-]. The minimum Gasteiger partial charge on any atom is -0.490 e. The first kappa shape index (κ1) is 13.8. The van der Waals surface area contributed by atoms with Gasteiger partial charge in [0.2, 0.25) is 0 Å². The maximum atomic E-state index is 11.2. The molecule has 0 saturated carbocycles. The Labute approximate surface area is 113 Å². The summed E-state index contributed by atoms with van der Waals surface area (Å²) in [6.45, 7) is 0. The Morgan fingerprint density at radius 1 is 1.60 bits per heavy atom. The van der Waals surface area contributed by atoms with Crippen molar-refractivity contribution in [3.8, 4) is 5.75 Å². The first-order valence-corrected chi connectivity index (χ1v) is 5.75. The van der Waals surface area contributed by atoms with Gasteiger partial charge in [-0.2, -0.15) is 0 Å². The molecular weight excluding hydrogens is 266 g/mol. The van der Waals surface area contributed by atoms with Gasteiger partial charge in [-0.1, -0.05) is 0 Å². The number of carboxylic acids is 1. The van der Waals surface area contributed by atoms with Gasteiger partial charge >= 0.3 is 11.7 Å². The molecule has 0 aliphatic carbocycles. The molecule has 0 aliphatic heterocycles. The van der Waals surface area contributed by atoms with Gasteiger partial charge < -0.3 is 20.6 Å². The number of nitro groups is 1. The molecule has 2 aromatic rings. The first-order chi connectivity index (χ1) is 9.45. The van der Waals surface area contributed by atoms with E-state index < -0.39 is 16.9 Å². The number of nitrogens with zero attached hydrogens (tertiary/aromatic N) is 1. The van der Waals surface area contributed by atoms with Gasteiger partial charge in [0.1, 0.15) is 6.04 Å². The zero-order valence-electron chi connectivity index (χ0n) is 10.6. The van der Waals surface area contributed by atoms with Crippen molar-refractivity contribution in [1.29, 1.82) is 0 Å². The van der Waals surface area contributed by atoms with Crippen molar-refractivity contribution in [1.82, 2.24) is 4.98 Å². The van der Waals surface area contributed by atoms with Gasteiger partial charge in [0.15, 0.2) is 5.75 Å². The van der Waals surface area contributed by atoms with E-state index in [-0.39, 0.29) is 17.9 Å². The molecule has 0 bridgehead atoms. The predicted octanol–water partition coefficient (Wildman–Crippen LogP) is 1.04. The zero-order valence-corrected chi connectivity index (χ0v) is 10.6. The summed E-state index contributed by atoms with van der Waals surface area (Å²) in [6, 6.07) is 1.99. The van der Waals surface area contributed by atoms with Crippen molar-refractivity contribution in [3.05, 3.63) is 34.0 Å². The minimum atomic E-state index is -1.16. The lowest BCUT2D eigenvalue weighted by molar-refractivity contribution is -0.384. The Morgan fingerprint density at radius 3 is 2.85 bits per heavy atom. The number of carbonyl (C=O) groups is 1. The molecule has 8 nitrogen and oxygen atoms in total. The van der Waals surface area contributed by atoms with E-state index in [1.165, 1.54) is 19.4 Å². The Hall–Kier alpha value is -2.61. The van der Waals surface area contributed by atoms with E-state index in [1.807, 2.05) is 0 Å². The zero-order chi connectivity index (χ0) is 14.9. The van der Waals surface area contributed by atoms with E-state index in [1.54, 1.807) is 6.07 Å². The molecule has 1 aromatic heterocycles. The van der Waals surface area contributed by atoms with Crippen molar-refractivity contribution in [2.24, 2.45) is 5.73 Å². The monoisotopic (exact) mass is 279 g/mol. The quantitative estimate of drug-likeness (QED) is 0.553. The standard InChI is InChI=1S/C12H13N3O5/c1-20-9-3-2-8-10(11(9)15(18)19)6(5-14-8)4-7(13)12(16)17/h2-3,5,7,14H,4,13H2,1H3,(H,16,17)/t7-/m0/s1. The van der Waals surface area contributed by atoms with Crippen molar-refractivity contribution in [2.75, 3.05) is 7.11 Å². The molecule has 2 rings (SSSR count). The molecule has 0 aliphatic rings. The Bertz CT molecular complexity index is 679. The molecule has 0 unspecified atom stereocenters. The van der Waals surface area contributed by atoms with E-state index in [9.17, 15) is 14.9 Å². The van der Waals surface area contributed by atoms with Crippen LogP contribution in [0.15, 0.2) is 18.3 Å². The molecule has 1 heterocycles. The lowest BCUT2D eigenvalue weighted by Gasteiger charge is -2.07. The van der Waals surface area contributed by atoms with Gasteiger partial charge in [0, 0.05) is 12.6 Å². The third-order valence-corrected chi connectivity index (χ3v) is 3.02. The number of nitrogens with one attached hydrogen (secondary N) is 1. The van der Waals surface area contributed by atoms with Crippen LogP contribution in [0.5, 0.6) is 5.75 Å². The molecule has 1 atom stereocenters. The van der Waals surface area contributed by atoms with Crippen LogP contribution >= 0.6 is 0 Å². The number of H-pyrrole nitrogens is 1. The number of aliphatic carboxylic acids is 1. The van der Waals surface area contributed by atoms with Crippen LogP contribution in [0, 0.1) is 10.1 Å². The van der Waals surface area contributed by atoms with Crippen molar-refractivity contribution in [2.45, 2.75) is 12.5 Å². The van der Waals surface area contributed by atoms with Crippen LogP contribution in [-0.2, 0) is 11.2 Å². The fourth-order valence-corrected chi connectivity index (χ4v) is 2.09. The van der Waals surface area contributed by atoms with Crippen LogP contribution in [0.1, 0.15) is 5.56 Å². The van der Waals surface area contributed by atoms with Gasteiger partial charge in [-0.3, -0.25) is 14.9 Å². The summed E-state index contributed by atoms with van der Waals surface area (Å²) in [5, 5.41) is 20.4. The summed E-state index contributed by atoms with van der Waals surface area (Å²) in [6.07, 6.45) is 1.52. The van der Waals surface area contributed by atoms with Crippen molar-refractivity contribution >= 4 is 22.6 Å². The molecule has 20 heavy (non-hydrogen) atoms. The van der Waals surface area contributed by atoms with Crippen LogP contribution in [0.3, 0.4) is 0 Å². The molecule has 4 N–H and O–H groups in total. The number of aromatic nitrogens is 1. The predicted molar refractivity (Wildman–Crippen MR) is 70.8 cm³/mol. The fourth-order valence-electron chi connectivity index (χ4n) is 2.09. The van der Waals surface area contributed by atoms with Gasteiger partial charge in [-0.25, -0.2) is 0 Å². The molecule has 0 fully saturated rings. The maximum Gasteiger partial charge on any atom is 0.320 e. The van der Waals surface area contributed by atoms with Crippen molar-refractivity contribution < 1.29 is 19.6 Å². The van der Waals surface area contributed by atoms with E-state index in [0.717, 1.165) is 0 Å². The lowest BCUT2D eigenvalue weighted by atomic mass is 10.0. The summed E-state index contributed by atoms with van der Waals surface area (Å²) in [5.74, 6) is -1.04. The van der Waals surface area contributed by atoms with Gasteiger partial charge in [-0.05, 0) is 17.7 Å². The highest BCUT2D eigenvalue weighted by Gasteiger charge is 2.25. The molecule has 0 saturated heterocycles. The number of rotatable bonds is 5. The molecule has 1 aromatic carbocycles. The van der Waals surface area contributed by atoms with Crippen LogP contribution in [0.4, 0.5) is 5.69 Å². The van der Waals surface area contributed by atoms with Gasteiger partial charge in [-0.15, -0.1) is 0 Å². The number of fused-ring (bicyclic) bond motifs is 1. The highest BCUT2D eigenvalue weighted by atomic mass is 16.6. The van der Waals surface area contributed by atoms with Gasteiger partial charge in [0.25, 0.3) is 0 Å². The maximum absolute atomic E-state index is 11.2. The molecule has 106 valence electrons. The number of hydrogen-bond donors (Lipinski definition) is 3. The summed E-state index contributed by atoms with van der Waals surface area (Å²) >= 11 is 0. The largest absolute Gasteiger partial charge is 0.490 e. The average molecular weight is 279 g/mol. The minimum absolute atomic E-state index is 0.0106. The molecule has 0 spiro atoms. The smallest absolute Gasteiger partial charge is 0.320 e. The molecular formula is C12H13N3O5. The third kappa shape index (κ3) is 2.28. The highest BCUT2D eigenvalue weighted by Crippen LogP contribution is 2.37. The number of nitrogens with two attached hydrogens (primary N) is 1. The molecule has 8 heteroatoms. The second kappa shape index (κ2) is 5.17. The number of ether oxygens (including phenoxy) is 1. The summed E-state index contributed by atoms with van der Waals surface area (Å²) in [5.41, 5.74) is 6.29. The number of methoxy groups -OCH3 is 1. The van der Waals surface area contributed by atoms with Crippen molar-refractivity contribution in [3.63, 3.8) is 0 Å². The third-order valence-electron chi connectivity index (χ3n) is 3.02. The lowest BCUT2D eigenvalue weighted by Crippen LogP contribution is -2.32. The second-order valence-electron chi connectivity index (χ2n) is 4.26. The Kier molecular flexibility index (Phi) is 3.57. The highest BCUT2D eigenvalue weighted by molar-refractivity contribution is 5.95. The fraction of sp³-hybridized carbons (Fsp3) is 0.250. The number of nitro benzene ring substituents is 1. The van der Waals surface area contributed by atoms with Crippen LogP contribution in [0.2, 0.25) is 0 Å². The number of aromatic amines is 1. The number of benzene rings is 1. The second-order valence-corrected chi connectivity index (χ2v) is 4.26. The number of carboxylic acid groups (broad SMARTS) is 1. The Balaban J connectivity index is 2.62. The topological polar surface area (TPSA) is 131 Å². The van der Waals surface area contributed by atoms with Crippen LogP contribution in [0.25, 0.3) is 10.9 Å². The van der Waals surface area contributed by atoms with Crippen LogP contribution in [-0.4, -0.2) is 34.1 Å². The summed E-state index contributed by atoms with van der Waals surface area (Å²) < 4.78 is 4.99. The van der Waals surface area contributed by atoms with E-state index in [4.69, 9.17) is 15.6 Å². The van der Waals surface area contributed by atoms with E-state index in [2.05, 4.69) is 4.98 Å². The first-order valence-electron chi connectivity index (χ1n) is 5.75. The molecule has 0 radical (unpaired) electrons. The summed E-state index contributed by atoms with van der Waals surface area (Å²) in [4.78, 5) is 24.4. The average Bonchev–Trinajstić information content (AvgIpc) is 2.80. The van der Waals surface area contributed by atoms with E-state index >= 15 is 0 Å². The Morgan fingerprint density at radius 2 is 2.30 bits per heavy atom.